The summed E-state index contributed by atoms with van der Waals surface area (Å²) in [6.07, 6.45) is 0.686. The predicted molar refractivity (Wildman–Crippen MR) is 153 cm³/mol. The van der Waals surface area contributed by atoms with Crippen LogP contribution in [0.4, 0.5) is 0 Å². The highest BCUT2D eigenvalue weighted by molar-refractivity contribution is 7.89. The van der Waals surface area contributed by atoms with Gasteiger partial charge in [-0.3, -0.25) is 9.59 Å². The first kappa shape index (κ1) is 28.6. The molecule has 5 heterocycles. The van der Waals surface area contributed by atoms with Gasteiger partial charge in [-0.25, -0.2) is 13.4 Å². The van der Waals surface area contributed by atoms with Gasteiger partial charge in [0.25, 0.3) is 15.9 Å². The molecule has 1 saturated heterocycles. The molecule has 2 unspecified atom stereocenters. The number of nitrogens with zero attached hydrogens (tertiary/aromatic N) is 7. The van der Waals surface area contributed by atoms with Crippen molar-refractivity contribution in [1.82, 2.24) is 50.4 Å². The number of rotatable bonds is 7. The van der Waals surface area contributed by atoms with E-state index in [0.29, 0.717) is 29.4 Å². The van der Waals surface area contributed by atoms with Gasteiger partial charge in [0, 0.05) is 60.0 Å². The summed E-state index contributed by atoms with van der Waals surface area (Å²) in [6, 6.07) is 5.32. The molecule has 3 aromatic heterocycles. The number of benzene rings is 1. The zero-order valence-electron chi connectivity index (χ0n) is 22.8. The summed E-state index contributed by atoms with van der Waals surface area (Å²) < 4.78 is 28.7. The SMILES string of the molecule is CC1Cc2nc(C(=O)N3CCN(S(=O)(=O)c4cc5cc(/C(N)=N/O)ccc5[nH]4)CC3C(=O)NCc3nn[nH]n3)sc2CN1. The van der Waals surface area contributed by atoms with E-state index >= 15 is 0 Å². The molecule has 17 nitrogen and oxygen atoms in total. The van der Waals surface area contributed by atoms with Gasteiger partial charge in [0.2, 0.25) is 5.91 Å². The number of hydrogen-bond donors (Lipinski definition) is 6. The Morgan fingerprint density at radius 3 is 2.88 bits per heavy atom. The lowest BCUT2D eigenvalue weighted by molar-refractivity contribution is -0.127. The summed E-state index contributed by atoms with van der Waals surface area (Å²) in [5, 5.41) is 32.1. The van der Waals surface area contributed by atoms with Crippen molar-refractivity contribution in [2.75, 3.05) is 19.6 Å². The van der Waals surface area contributed by atoms with Crippen LogP contribution < -0.4 is 16.4 Å². The Hall–Kier alpha value is -4.46. The molecule has 2 aliphatic rings. The maximum absolute atomic E-state index is 13.8. The van der Waals surface area contributed by atoms with Crippen LogP contribution in [0.3, 0.4) is 0 Å². The molecule has 2 amide bonds. The molecule has 1 fully saturated rings. The number of H-pyrrole nitrogens is 2. The average molecular weight is 629 g/mol. The van der Waals surface area contributed by atoms with E-state index in [1.807, 2.05) is 6.92 Å². The quantitative estimate of drug-likeness (QED) is 0.0634. The minimum Gasteiger partial charge on any atom is -0.409 e. The van der Waals surface area contributed by atoms with E-state index in [-0.39, 0.29) is 53.9 Å². The van der Waals surface area contributed by atoms with E-state index in [2.05, 4.69) is 46.4 Å². The first-order valence-electron chi connectivity index (χ1n) is 13.3. The van der Waals surface area contributed by atoms with Crippen molar-refractivity contribution in [1.29, 1.82) is 0 Å². The van der Waals surface area contributed by atoms with Gasteiger partial charge in [-0.05, 0) is 31.2 Å². The van der Waals surface area contributed by atoms with Gasteiger partial charge < -0.3 is 31.5 Å². The number of carbonyl (C=O) groups is 2. The number of carbonyl (C=O) groups excluding carboxylic acids is 2. The average Bonchev–Trinajstić information content (AvgIpc) is 3.78. The fourth-order valence-corrected chi connectivity index (χ4v) is 7.56. The van der Waals surface area contributed by atoms with Crippen LogP contribution in [0.15, 0.2) is 34.4 Å². The molecule has 0 spiro atoms. The summed E-state index contributed by atoms with van der Waals surface area (Å²) >= 11 is 1.28. The van der Waals surface area contributed by atoms with Crippen LogP contribution in [0.2, 0.25) is 0 Å². The van der Waals surface area contributed by atoms with Crippen LogP contribution >= 0.6 is 11.3 Å². The highest BCUT2D eigenvalue weighted by atomic mass is 32.2. The van der Waals surface area contributed by atoms with Crippen LogP contribution in [-0.4, -0.2) is 103 Å². The van der Waals surface area contributed by atoms with E-state index in [1.54, 1.807) is 18.2 Å². The van der Waals surface area contributed by atoms with Crippen molar-refractivity contribution in [2.24, 2.45) is 10.9 Å². The van der Waals surface area contributed by atoms with Crippen LogP contribution in [0, 0.1) is 0 Å². The fourth-order valence-electron chi connectivity index (χ4n) is 5.11. The number of nitrogens with two attached hydrogens (primary N) is 1. The molecule has 2 aliphatic heterocycles. The number of thiazole rings is 1. The van der Waals surface area contributed by atoms with Gasteiger partial charge in [-0.15, -0.1) is 21.5 Å². The van der Waals surface area contributed by atoms with Crippen molar-refractivity contribution in [2.45, 2.75) is 43.5 Å². The molecule has 2 atom stereocenters. The van der Waals surface area contributed by atoms with Crippen molar-refractivity contribution in [3.63, 3.8) is 0 Å². The third-order valence-corrected chi connectivity index (χ3v) is 10.3. The molecule has 7 N–H and O–H groups in total. The largest absolute Gasteiger partial charge is 0.409 e. The molecule has 0 radical (unpaired) electrons. The van der Waals surface area contributed by atoms with E-state index in [9.17, 15) is 18.0 Å². The highest BCUT2D eigenvalue weighted by Crippen LogP contribution is 2.28. The molecular formula is C24H28N12O5S2. The standard InChI is InChI=1S/C24H28N12O5S2/c1-12-6-16-18(9-26-12)42-23(29-16)24(38)36-5-4-35(11-17(36)22(37)27-10-19-30-33-34-31-19)43(40,41)20-8-14-7-13(21(25)32-39)2-3-15(14)28-20/h2-3,7-8,12,17,26,28,39H,4-6,9-11H2,1H3,(H2,25,32)(H,27,37)(H,30,31,33,34). The first-order valence-corrected chi connectivity index (χ1v) is 15.5. The third kappa shape index (κ3) is 5.54. The van der Waals surface area contributed by atoms with Gasteiger partial charge >= 0.3 is 0 Å². The lowest BCUT2D eigenvalue weighted by Crippen LogP contribution is -2.61. The topological polar surface area (TPSA) is 241 Å². The van der Waals surface area contributed by atoms with Crippen LogP contribution in [0.5, 0.6) is 0 Å². The number of aromatic nitrogens is 6. The molecule has 4 aromatic rings. The monoisotopic (exact) mass is 628 g/mol. The molecule has 226 valence electrons. The highest BCUT2D eigenvalue weighted by Gasteiger charge is 2.41. The molecule has 0 bridgehead atoms. The van der Waals surface area contributed by atoms with Gasteiger partial charge in [0.1, 0.15) is 11.1 Å². The number of amidine groups is 1. The molecule has 0 aliphatic carbocycles. The zero-order valence-corrected chi connectivity index (χ0v) is 24.4. The second kappa shape index (κ2) is 11.3. The third-order valence-electron chi connectivity index (χ3n) is 7.41. The Labute approximate surface area is 248 Å². The normalized spacial score (nSPS) is 19.8. The molecule has 43 heavy (non-hydrogen) atoms. The van der Waals surface area contributed by atoms with E-state index in [1.165, 1.54) is 26.6 Å². The summed E-state index contributed by atoms with van der Waals surface area (Å²) in [4.78, 5) is 37.0. The lowest BCUT2D eigenvalue weighted by Gasteiger charge is -2.39. The number of hydrogen-bond acceptors (Lipinski definition) is 12. The molecule has 0 saturated carbocycles. The number of oxime groups is 1. The van der Waals surface area contributed by atoms with Gasteiger partial charge in [0.15, 0.2) is 16.7 Å². The maximum Gasteiger partial charge on any atom is 0.283 e. The Morgan fingerprint density at radius 1 is 1.28 bits per heavy atom. The Morgan fingerprint density at radius 2 is 2.12 bits per heavy atom. The smallest absolute Gasteiger partial charge is 0.283 e. The molecule has 6 rings (SSSR count). The lowest BCUT2D eigenvalue weighted by atomic mass is 10.1. The van der Waals surface area contributed by atoms with Crippen molar-refractivity contribution in [3.8, 4) is 0 Å². The number of nitrogens with one attached hydrogen (secondary N) is 4. The maximum atomic E-state index is 13.8. The van der Waals surface area contributed by atoms with Crippen LogP contribution in [0.1, 0.15) is 38.7 Å². The number of fused-ring (bicyclic) bond motifs is 2. The summed E-state index contributed by atoms with van der Waals surface area (Å²) in [7, 11) is -4.12. The molecule has 1 aromatic carbocycles. The minimum atomic E-state index is -4.12. The molecule has 19 heteroatoms. The second-order valence-corrected chi connectivity index (χ2v) is 13.2. The zero-order chi connectivity index (χ0) is 30.3. The van der Waals surface area contributed by atoms with Gasteiger partial charge in [-0.1, -0.05) is 10.4 Å². The van der Waals surface area contributed by atoms with E-state index < -0.39 is 27.9 Å². The number of aromatic amines is 2. The summed E-state index contributed by atoms with van der Waals surface area (Å²) in [5.41, 5.74) is 7.47. The van der Waals surface area contributed by atoms with Crippen molar-refractivity contribution in [3.05, 3.63) is 51.2 Å². The number of amides is 2. The van der Waals surface area contributed by atoms with Gasteiger partial charge in [0.05, 0.1) is 12.2 Å². The van der Waals surface area contributed by atoms with Crippen LogP contribution in [-0.2, 0) is 34.3 Å². The summed E-state index contributed by atoms with van der Waals surface area (Å²) in [5.74, 6) is -0.903. The summed E-state index contributed by atoms with van der Waals surface area (Å²) in [6.45, 7) is 2.20. The van der Waals surface area contributed by atoms with Crippen molar-refractivity contribution >= 4 is 49.9 Å². The number of tetrazole rings is 1. The second-order valence-electron chi connectivity index (χ2n) is 10.2. The number of sulfonamides is 1. The Bertz CT molecular complexity index is 1820. The Balaban J connectivity index is 1.27. The van der Waals surface area contributed by atoms with Crippen LogP contribution in [0.25, 0.3) is 10.9 Å². The number of piperazine rings is 1. The van der Waals surface area contributed by atoms with E-state index in [4.69, 9.17) is 10.9 Å². The predicted octanol–water partition coefficient (Wildman–Crippen LogP) is -0.902. The van der Waals surface area contributed by atoms with Gasteiger partial charge in [-0.2, -0.15) is 9.52 Å². The Kier molecular flexibility index (Phi) is 7.54. The van der Waals surface area contributed by atoms with E-state index in [0.717, 1.165) is 10.6 Å². The molecular weight excluding hydrogens is 600 g/mol. The first-order chi connectivity index (χ1) is 20.6. The fraction of sp³-hybridized carbons (Fsp3) is 0.375. The van der Waals surface area contributed by atoms with Crippen molar-refractivity contribution < 1.29 is 23.2 Å². The minimum absolute atomic E-state index is 0.0366.